The first-order valence-corrected chi connectivity index (χ1v) is 9.30. The molecule has 0 saturated carbocycles. The molecule has 1 amide bonds. The number of carbonyl (C=O) groups excluding carboxylic acids is 1. The van der Waals surface area contributed by atoms with E-state index in [1.807, 2.05) is 31.2 Å². The standard InChI is InChI=1S/C17H17BrN2O3S/c1-11(9-12-3-6-14(18)7-4-12)19-17(21)13-5-8-16(24-2)15(10-13)20(22)23/h3-8,10-11H,9H2,1-2H3,(H,19,21). The van der Waals surface area contributed by atoms with Crippen LogP contribution in [0.15, 0.2) is 51.8 Å². The fourth-order valence-electron chi connectivity index (χ4n) is 2.31. The molecule has 24 heavy (non-hydrogen) atoms. The van der Waals surface area contributed by atoms with E-state index in [-0.39, 0.29) is 17.6 Å². The summed E-state index contributed by atoms with van der Waals surface area (Å²) in [6, 6.07) is 12.3. The van der Waals surface area contributed by atoms with Crippen molar-refractivity contribution in [3.8, 4) is 0 Å². The first-order chi connectivity index (χ1) is 11.4. The summed E-state index contributed by atoms with van der Waals surface area (Å²) in [6.07, 6.45) is 2.45. The lowest BCUT2D eigenvalue weighted by molar-refractivity contribution is -0.387. The van der Waals surface area contributed by atoms with E-state index in [9.17, 15) is 14.9 Å². The van der Waals surface area contributed by atoms with Crippen molar-refractivity contribution >= 4 is 39.3 Å². The minimum absolute atomic E-state index is 0.0456. The molecule has 1 atom stereocenters. The van der Waals surface area contributed by atoms with Gasteiger partial charge in [-0.05, 0) is 49.4 Å². The number of benzene rings is 2. The summed E-state index contributed by atoms with van der Waals surface area (Å²) in [7, 11) is 0. The van der Waals surface area contributed by atoms with Crippen molar-refractivity contribution in [2.24, 2.45) is 0 Å². The predicted molar refractivity (Wildman–Crippen MR) is 99.7 cm³/mol. The summed E-state index contributed by atoms with van der Waals surface area (Å²) < 4.78 is 1.00. The monoisotopic (exact) mass is 408 g/mol. The van der Waals surface area contributed by atoms with Gasteiger partial charge in [0.05, 0.1) is 9.82 Å². The van der Waals surface area contributed by atoms with Crippen LogP contribution in [0.3, 0.4) is 0 Å². The molecule has 0 bridgehead atoms. The number of halogens is 1. The fraction of sp³-hybridized carbons (Fsp3) is 0.235. The third kappa shape index (κ3) is 4.82. The van der Waals surface area contributed by atoms with Gasteiger partial charge < -0.3 is 5.32 Å². The summed E-state index contributed by atoms with van der Waals surface area (Å²) in [6.45, 7) is 1.91. The van der Waals surface area contributed by atoms with Gasteiger partial charge in [0.25, 0.3) is 11.6 Å². The van der Waals surface area contributed by atoms with Gasteiger partial charge in [-0.2, -0.15) is 0 Å². The Balaban J connectivity index is 2.07. The predicted octanol–water partition coefficient (Wildman–Crippen LogP) is 4.44. The van der Waals surface area contributed by atoms with Crippen molar-refractivity contribution in [3.63, 3.8) is 0 Å². The number of amides is 1. The number of nitrogens with zero attached hydrogens (tertiary/aromatic N) is 1. The van der Waals surface area contributed by atoms with Crippen molar-refractivity contribution in [2.75, 3.05) is 6.26 Å². The number of thioether (sulfide) groups is 1. The van der Waals surface area contributed by atoms with E-state index in [0.717, 1.165) is 10.0 Å². The minimum Gasteiger partial charge on any atom is -0.349 e. The maximum Gasteiger partial charge on any atom is 0.283 e. The van der Waals surface area contributed by atoms with Crippen LogP contribution in [0, 0.1) is 10.1 Å². The highest BCUT2D eigenvalue weighted by atomic mass is 79.9. The minimum atomic E-state index is -0.464. The molecule has 0 heterocycles. The van der Waals surface area contributed by atoms with Crippen molar-refractivity contribution in [1.82, 2.24) is 5.32 Å². The Morgan fingerprint density at radius 2 is 1.96 bits per heavy atom. The Morgan fingerprint density at radius 1 is 1.29 bits per heavy atom. The highest BCUT2D eigenvalue weighted by Crippen LogP contribution is 2.28. The lowest BCUT2D eigenvalue weighted by atomic mass is 10.1. The van der Waals surface area contributed by atoms with Gasteiger partial charge in [0.1, 0.15) is 0 Å². The van der Waals surface area contributed by atoms with Crippen molar-refractivity contribution in [2.45, 2.75) is 24.3 Å². The maximum absolute atomic E-state index is 12.3. The van der Waals surface area contributed by atoms with E-state index < -0.39 is 4.92 Å². The Bertz CT molecular complexity index is 750. The van der Waals surface area contributed by atoms with Crippen LogP contribution in [0.4, 0.5) is 5.69 Å². The smallest absolute Gasteiger partial charge is 0.283 e. The molecule has 1 N–H and O–H groups in total. The molecule has 2 rings (SSSR count). The Hall–Kier alpha value is -1.86. The fourth-order valence-corrected chi connectivity index (χ4v) is 3.12. The molecular weight excluding hydrogens is 392 g/mol. The van der Waals surface area contributed by atoms with Crippen molar-refractivity contribution in [3.05, 3.63) is 68.2 Å². The molecule has 0 aromatic heterocycles. The number of rotatable bonds is 6. The summed E-state index contributed by atoms with van der Waals surface area (Å²) in [5, 5.41) is 14.0. The molecule has 0 fully saturated rings. The van der Waals surface area contributed by atoms with Crippen LogP contribution < -0.4 is 5.32 Å². The largest absolute Gasteiger partial charge is 0.349 e. The van der Waals surface area contributed by atoms with Crippen LogP contribution in [0.1, 0.15) is 22.8 Å². The second-order valence-electron chi connectivity index (χ2n) is 5.35. The van der Waals surface area contributed by atoms with E-state index in [2.05, 4.69) is 21.2 Å². The SMILES string of the molecule is CSc1ccc(C(=O)NC(C)Cc2ccc(Br)cc2)cc1[N+](=O)[O-]. The highest BCUT2D eigenvalue weighted by molar-refractivity contribution is 9.10. The topological polar surface area (TPSA) is 72.2 Å². The highest BCUT2D eigenvalue weighted by Gasteiger charge is 2.18. The van der Waals surface area contributed by atoms with Gasteiger partial charge >= 0.3 is 0 Å². The lowest BCUT2D eigenvalue weighted by Crippen LogP contribution is -2.34. The average molecular weight is 409 g/mol. The summed E-state index contributed by atoms with van der Waals surface area (Å²) in [5.74, 6) is -0.310. The van der Waals surface area contributed by atoms with Gasteiger partial charge in [0, 0.05) is 22.1 Å². The zero-order chi connectivity index (χ0) is 17.7. The van der Waals surface area contributed by atoms with E-state index in [4.69, 9.17) is 0 Å². The first-order valence-electron chi connectivity index (χ1n) is 7.28. The van der Waals surface area contributed by atoms with Crippen LogP contribution in [0.2, 0.25) is 0 Å². The number of hydrogen-bond acceptors (Lipinski definition) is 4. The first kappa shape index (κ1) is 18.5. The van der Waals surface area contributed by atoms with Crippen LogP contribution in [-0.2, 0) is 6.42 Å². The Morgan fingerprint density at radius 3 is 2.54 bits per heavy atom. The zero-order valence-electron chi connectivity index (χ0n) is 13.3. The summed E-state index contributed by atoms with van der Waals surface area (Å²) in [4.78, 5) is 23.5. The number of hydrogen-bond donors (Lipinski definition) is 1. The van der Waals surface area contributed by atoms with Crippen LogP contribution in [-0.4, -0.2) is 23.1 Å². The Kier molecular flexibility index (Phi) is 6.39. The van der Waals surface area contributed by atoms with Gasteiger partial charge in [-0.25, -0.2) is 0 Å². The third-order valence-corrected chi connectivity index (χ3v) is 4.78. The Labute approximate surface area is 153 Å². The van der Waals surface area contributed by atoms with Gasteiger partial charge in [-0.3, -0.25) is 14.9 Å². The normalized spacial score (nSPS) is 11.8. The third-order valence-electron chi connectivity index (χ3n) is 3.47. The summed E-state index contributed by atoms with van der Waals surface area (Å²) >= 11 is 4.67. The molecule has 0 radical (unpaired) electrons. The summed E-state index contributed by atoms with van der Waals surface area (Å²) in [5.41, 5.74) is 1.35. The molecule has 126 valence electrons. The number of nitrogens with one attached hydrogen (secondary N) is 1. The quantitative estimate of drug-likeness (QED) is 0.435. The lowest BCUT2D eigenvalue weighted by Gasteiger charge is -2.14. The van der Waals surface area contributed by atoms with Crippen molar-refractivity contribution in [1.29, 1.82) is 0 Å². The molecule has 1 unspecified atom stereocenters. The molecule has 0 aliphatic rings. The van der Waals surface area contributed by atoms with Gasteiger partial charge in [-0.15, -0.1) is 11.8 Å². The molecule has 2 aromatic carbocycles. The van der Waals surface area contributed by atoms with Crippen LogP contribution in [0.25, 0.3) is 0 Å². The molecule has 2 aromatic rings. The second-order valence-corrected chi connectivity index (χ2v) is 7.11. The maximum atomic E-state index is 12.3. The molecule has 0 aliphatic carbocycles. The second kappa shape index (κ2) is 8.30. The number of nitro groups is 1. The van der Waals surface area contributed by atoms with Gasteiger partial charge in [0.2, 0.25) is 0 Å². The van der Waals surface area contributed by atoms with E-state index in [0.29, 0.717) is 16.9 Å². The number of nitro benzene ring substituents is 1. The van der Waals surface area contributed by atoms with Gasteiger partial charge in [-0.1, -0.05) is 28.1 Å². The zero-order valence-corrected chi connectivity index (χ0v) is 15.7. The van der Waals surface area contributed by atoms with Gasteiger partial charge in [0.15, 0.2) is 0 Å². The van der Waals surface area contributed by atoms with Crippen molar-refractivity contribution < 1.29 is 9.72 Å². The van der Waals surface area contributed by atoms with E-state index in [1.54, 1.807) is 18.4 Å². The average Bonchev–Trinajstić information content (AvgIpc) is 2.56. The molecule has 0 saturated heterocycles. The molecule has 5 nitrogen and oxygen atoms in total. The number of carbonyl (C=O) groups is 1. The molecule has 0 spiro atoms. The molecule has 7 heteroatoms. The van der Waals surface area contributed by atoms with E-state index >= 15 is 0 Å². The molecular formula is C17H17BrN2O3S. The van der Waals surface area contributed by atoms with Crippen LogP contribution >= 0.6 is 27.7 Å². The van der Waals surface area contributed by atoms with E-state index in [1.165, 1.54) is 17.8 Å². The van der Waals surface area contributed by atoms with Crippen LogP contribution in [0.5, 0.6) is 0 Å². The molecule has 0 aliphatic heterocycles.